The molecule has 0 spiro atoms. The summed E-state index contributed by atoms with van der Waals surface area (Å²) in [5, 5.41) is 8.10. The van der Waals surface area contributed by atoms with E-state index < -0.39 is 0 Å². The molecule has 1 aliphatic rings. The third-order valence-electron chi connectivity index (χ3n) is 5.59. The van der Waals surface area contributed by atoms with Crippen LogP contribution >= 0.6 is 0 Å². The van der Waals surface area contributed by atoms with E-state index in [0.29, 0.717) is 5.92 Å². The Morgan fingerprint density at radius 1 is 1.10 bits per heavy atom. The van der Waals surface area contributed by atoms with Gasteiger partial charge in [0, 0.05) is 18.8 Å². The summed E-state index contributed by atoms with van der Waals surface area (Å²) >= 11 is 0. The van der Waals surface area contributed by atoms with Crippen LogP contribution in [-0.2, 0) is 19.4 Å². The van der Waals surface area contributed by atoms with Crippen molar-refractivity contribution in [3.63, 3.8) is 0 Å². The van der Waals surface area contributed by atoms with E-state index in [-0.39, 0.29) is 5.82 Å². The molecule has 5 nitrogen and oxygen atoms in total. The minimum atomic E-state index is -0.200. The van der Waals surface area contributed by atoms with Gasteiger partial charge in [-0.2, -0.15) is 5.10 Å². The number of halogens is 1. The molecule has 2 aromatic heterocycles. The van der Waals surface area contributed by atoms with Crippen LogP contribution in [0.4, 0.5) is 10.1 Å². The topological polar surface area (TPSA) is 57.7 Å². The third kappa shape index (κ3) is 3.58. The summed E-state index contributed by atoms with van der Waals surface area (Å²) in [5.74, 6) is 0.989. The molecular weight excluding hydrogens is 365 g/mol. The molecule has 4 aromatic rings. The zero-order chi connectivity index (χ0) is 19.8. The van der Waals surface area contributed by atoms with Crippen molar-refractivity contribution in [2.45, 2.75) is 26.3 Å². The van der Waals surface area contributed by atoms with Crippen molar-refractivity contribution in [2.24, 2.45) is 5.92 Å². The number of hydrogen-bond acceptors (Lipinski definition) is 4. The average Bonchev–Trinajstić information content (AvgIpc) is 3.18. The Morgan fingerprint density at radius 3 is 2.79 bits per heavy atom. The molecule has 0 fully saturated rings. The number of fused-ring (bicyclic) bond motifs is 2. The summed E-state index contributed by atoms with van der Waals surface area (Å²) in [6.45, 7) is 3.61. The highest BCUT2D eigenvalue weighted by Crippen LogP contribution is 2.32. The molecule has 1 atom stereocenters. The normalized spacial score (nSPS) is 16.2. The predicted octanol–water partition coefficient (Wildman–Crippen LogP) is 4.22. The predicted molar refractivity (Wildman–Crippen MR) is 111 cm³/mol. The smallest absolute Gasteiger partial charge is 0.159 e. The molecule has 0 bridgehead atoms. The summed E-state index contributed by atoms with van der Waals surface area (Å²) in [7, 11) is 0. The molecule has 0 saturated carbocycles. The highest BCUT2D eigenvalue weighted by atomic mass is 19.1. The van der Waals surface area contributed by atoms with E-state index in [0.717, 1.165) is 54.0 Å². The molecule has 3 heterocycles. The molecule has 0 saturated heterocycles. The molecule has 1 aliphatic heterocycles. The van der Waals surface area contributed by atoms with E-state index in [1.54, 1.807) is 0 Å². The van der Waals surface area contributed by atoms with E-state index in [1.165, 1.54) is 23.4 Å². The minimum absolute atomic E-state index is 0.200. The van der Waals surface area contributed by atoms with Crippen molar-refractivity contribution < 1.29 is 4.39 Å². The number of para-hydroxylation sites is 1. The van der Waals surface area contributed by atoms with Crippen LogP contribution in [0.25, 0.3) is 11.0 Å². The average molecular weight is 387 g/mol. The van der Waals surface area contributed by atoms with E-state index in [2.05, 4.69) is 44.3 Å². The van der Waals surface area contributed by atoms with Gasteiger partial charge < -0.3 is 4.90 Å². The monoisotopic (exact) mass is 387 g/mol. The van der Waals surface area contributed by atoms with Crippen LogP contribution in [0.15, 0.2) is 54.7 Å². The fourth-order valence-electron chi connectivity index (χ4n) is 4.32. The summed E-state index contributed by atoms with van der Waals surface area (Å²) in [4.78, 5) is 11.5. The number of aromatic amines is 1. The molecule has 5 rings (SSSR count). The maximum Gasteiger partial charge on any atom is 0.159 e. The van der Waals surface area contributed by atoms with Gasteiger partial charge in [0.05, 0.1) is 17.3 Å². The van der Waals surface area contributed by atoms with Crippen molar-refractivity contribution in [1.82, 2.24) is 20.2 Å². The van der Waals surface area contributed by atoms with Crippen molar-refractivity contribution in [1.29, 1.82) is 0 Å². The van der Waals surface area contributed by atoms with Crippen LogP contribution < -0.4 is 4.90 Å². The number of H-pyrrole nitrogens is 1. The Labute approximate surface area is 168 Å². The lowest BCUT2D eigenvalue weighted by atomic mass is 9.88. The van der Waals surface area contributed by atoms with Crippen LogP contribution in [0.3, 0.4) is 0 Å². The van der Waals surface area contributed by atoms with E-state index in [9.17, 15) is 4.39 Å². The molecule has 146 valence electrons. The quantitative estimate of drug-likeness (QED) is 0.570. The highest BCUT2D eigenvalue weighted by Gasteiger charge is 2.26. The second-order valence-electron chi connectivity index (χ2n) is 7.76. The lowest BCUT2D eigenvalue weighted by Gasteiger charge is -2.36. The first-order valence-corrected chi connectivity index (χ1v) is 9.89. The first-order chi connectivity index (χ1) is 14.2. The molecule has 0 amide bonds. The molecule has 29 heavy (non-hydrogen) atoms. The maximum atomic E-state index is 13.3. The number of aromatic nitrogens is 4. The van der Waals surface area contributed by atoms with Crippen molar-refractivity contribution in [3.8, 4) is 0 Å². The lowest BCUT2D eigenvalue weighted by Crippen LogP contribution is -2.36. The number of benzene rings is 2. The van der Waals surface area contributed by atoms with Gasteiger partial charge in [-0.1, -0.05) is 30.3 Å². The number of rotatable bonds is 4. The Morgan fingerprint density at radius 2 is 1.93 bits per heavy atom. The lowest BCUT2D eigenvalue weighted by molar-refractivity contribution is 0.481. The van der Waals surface area contributed by atoms with Crippen LogP contribution in [0, 0.1) is 18.7 Å². The first-order valence-electron chi connectivity index (χ1n) is 9.89. The SMILES string of the molecule is Cc1nc(C[C@@H]2Cc3ccccc3N(Cc3ccc(F)cc3)C2)c2cn[nH]c2n1. The van der Waals surface area contributed by atoms with Gasteiger partial charge in [0.25, 0.3) is 0 Å². The number of aryl methyl sites for hydroxylation is 1. The second kappa shape index (κ2) is 7.28. The van der Waals surface area contributed by atoms with Crippen molar-refractivity contribution in [3.05, 3.63) is 83.2 Å². The number of hydrogen-bond donors (Lipinski definition) is 1. The van der Waals surface area contributed by atoms with Gasteiger partial charge in [-0.25, -0.2) is 14.4 Å². The van der Waals surface area contributed by atoms with E-state index in [4.69, 9.17) is 4.98 Å². The van der Waals surface area contributed by atoms with Crippen LogP contribution in [-0.4, -0.2) is 26.7 Å². The summed E-state index contributed by atoms with van der Waals surface area (Å²) in [6, 6.07) is 15.4. The standard InChI is InChI=1S/C23H22FN5/c1-15-26-21(20-12-25-28-23(20)27-15)11-17-10-18-4-2-3-5-22(18)29(14-17)13-16-6-8-19(24)9-7-16/h2-9,12,17H,10-11,13-14H2,1H3,(H,25,26,27,28)/t17-/m0/s1. The highest BCUT2D eigenvalue weighted by molar-refractivity contribution is 5.76. The van der Waals surface area contributed by atoms with Crippen LogP contribution in [0.2, 0.25) is 0 Å². The Hall–Kier alpha value is -3.28. The van der Waals surface area contributed by atoms with E-state index >= 15 is 0 Å². The molecule has 0 unspecified atom stereocenters. The molecule has 2 aromatic carbocycles. The zero-order valence-corrected chi connectivity index (χ0v) is 16.3. The second-order valence-corrected chi connectivity index (χ2v) is 7.76. The Kier molecular flexibility index (Phi) is 4.46. The first kappa shape index (κ1) is 17.8. The van der Waals surface area contributed by atoms with Crippen molar-refractivity contribution >= 4 is 16.7 Å². The molecule has 6 heteroatoms. The van der Waals surface area contributed by atoms with Crippen molar-refractivity contribution in [2.75, 3.05) is 11.4 Å². The largest absolute Gasteiger partial charge is 0.367 e. The molecule has 0 radical (unpaired) electrons. The Balaban J connectivity index is 1.44. The Bertz CT molecular complexity index is 1150. The fraction of sp³-hybridized carbons (Fsp3) is 0.261. The fourth-order valence-corrected chi connectivity index (χ4v) is 4.32. The molecular formula is C23H22FN5. The van der Waals surface area contributed by atoms with Crippen LogP contribution in [0.5, 0.6) is 0 Å². The maximum absolute atomic E-state index is 13.3. The van der Waals surface area contributed by atoms with Gasteiger partial charge in [0.1, 0.15) is 11.6 Å². The summed E-state index contributed by atoms with van der Waals surface area (Å²) in [5.41, 5.74) is 5.57. The number of nitrogens with one attached hydrogen (secondary N) is 1. The van der Waals surface area contributed by atoms with Gasteiger partial charge in [0.2, 0.25) is 0 Å². The minimum Gasteiger partial charge on any atom is -0.367 e. The van der Waals surface area contributed by atoms with Gasteiger partial charge in [-0.3, -0.25) is 5.10 Å². The van der Waals surface area contributed by atoms with Gasteiger partial charge in [-0.05, 0) is 55.0 Å². The zero-order valence-electron chi connectivity index (χ0n) is 16.3. The molecule has 0 aliphatic carbocycles. The summed E-state index contributed by atoms with van der Waals surface area (Å²) in [6.07, 6.45) is 3.70. The van der Waals surface area contributed by atoms with E-state index in [1.807, 2.05) is 25.3 Å². The van der Waals surface area contributed by atoms with Crippen LogP contribution in [0.1, 0.15) is 22.6 Å². The van der Waals surface area contributed by atoms with Gasteiger partial charge in [0.15, 0.2) is 5.65 Å². The van der Waals surface area contributed by atoms with Gasteiger partial charge in [-0.15, -0.1) is 0 Å². The molecule has 1 N–H and O–H groups in total. The number of nitrogens with zero attached hydrogens (tertiary/aromatic N) is 4. The summed E-state index contributed by atoms with van der Waals surface area (Å²) < 4.78 is 13.3. The van der Waals surface area contributed by atoms with Gasteiger partial charge >= 0.3 is 0 Å². The third-order valence-corrected chi connectivity index (χ3v) is 5.59. The number of anilines is 1.